The average molecular weight is 269 g/mol. The Kier molecular flexibility index (Phi) is 3.88. The van der Waals surface area contributed by atoms with Gasteiger partial charge in [0.2, 0.25) is 0 Å². The first-order chi connectivity index (χ1) is 9.72. The molecule has 1 aromatic heterocycles. The maximum absolute atomic E-state index is 4.58. The predicted octanol–water partition coefficient (Wildman–Crippen LogP) is 3.04. The number of rotatable bonds is 5. The number of aromatic nitrogens is 2. The van der Waals surface area contributed by atoms with Crippen molar-refractivity contribution in [2.45, 2.75) is 39.2 Å². The molecule has 0 saturated heterocycles. The Balaban J connectivity index is 1.61. The van der Waals surface area contributed by atoms with Crippen molar-refractivity contribution in [3.05, 3.63) is 53.1 Å². The molecule has 0 bridgehead atoms. The van der Waals surface area contributed by atoms with Crippen molar-refractivity contribution >= 4 is 0 Å². The predicted molar refractivity (Wildman–Crippen MR) is 81.7 cm³/mol. The Morgan fingerprint density at radius 1 is 1.25 bits per heavy atom. The van der Waals surface area contributed by atoms with Gasteiger partial charge in [-0.3, -0.25) is 0 Å². The Morgan fingerprint density at radius 3 is 2.60 bits per heavy atom. The summed E-state index contributed by atoms with van der Waals surface area (Å²) in [4.78, 5) is 8.07. The number of nitrogens with one attached hydrogen (secondary N) is 2. The molecule has 2 N–H and O–H groups in total. The molecule has 106 valence electrons. The molecule has 0 radical (unpaired) electrons. The summed E-state index contributed by atoms with van der Waals surface area (Å²) in [5, 5.41) is 3.45. The standard InChI is InChI=1S/C17H23N3/c1-12(2)9-18-10-16-11-19-17(20-16)15-7-13-5-3-4-6-14(13)8-15/h3-6,11-12,15,18H,7-10H2,1-2H3,(H,19,20). The maximum atomic E-state index is 4.58. The Morgan fingerprint density at radius 2 is 1.95 bits per heavy atom. The molecule has 1 aliphatic rings. The van der Waals surface area contributed by atoms with Crippen LogP contribution in [-0.4, -0.2) is 16.5 Å². The molecule has 2 aromatic rings. The lowest BCUT2D eigenvalue weighted by atomic mass is 10.1. The third-order valence-corrected chi connectivity index (χ3v) is 3.95. The molecular weight excluding hydrogens is 246 g/mol. The van der Waals surface area contributed by atoms with E-state index in [1.165, 1.54) is 16.8 Å². The van der Waals surface area contributed by atoms with Gasteiger partial charge in [0.05, 0.1) is 0 Å². The quantitative estimate of drug-likeness (QED) is 0.876. The minimum Gasteiger partial charge on any atom is -0.345 e. The van der Waals surface area contributed by atoms with Crippen molar-refractivity contribution in [2.24, 2.45) is 5.92 Å². The Hall–Kier alpha value is -1.61. The molecule has 0 fully saturated rings. The van der Waals surface area contributed by atoms with Crippen LogP contribution in [0.2, 0.25) is 0 Å². The molecule has 1 heterocycles. The van der Waals surface area contributed by atoms with Crippen molar-refractivity contribution in [2.75, 3.05) is 6.54 Å². The van der Waals surface area contributed by atoms with Gasteiger partial charge in [0.25, 0.3) is 0 Å². The topological polar surface area (TPSA) is 40.7 Å². The molecule has 3 nitrogen and oxygen atoms in total. The Labute approximate surface area is 120 Å². The van der Waals surface area contributed by atoms with E-state index in [0.717, 1.165) is 31.8 Å². The van der Waals surface area contributed by atoms with Gasteiger partial charge in [-0.2, -0.15) is 0 Å². The fraction of sp³-hybridized carbons (Fsp3) is 0.471. The highest BCUT2D eigenvalue weighted by atomic mass is 15.0. The van der Waals surface area contributed by atoms with Crippen LogP contribution in [0.25, 0.3) is 0 Å². The number of nitrogens with zero attached hydrogens (tertiary/aromatic N) is 1. The summed E-state index contributed by atoms with van der Waals surface area (Å²) in [7, 11) is 0. The summed E-state index contributed by atoms with van der Waals surface area (Å²) >= 11 is 0. The van der Waals surface area contributed by atoms with Crippen LogP contribution in [0.4, 0.5) is 0 Å². The van der Waals surface area contributed by atoms with E-state index >= 15 is 0 Å². The average Bonchev–Trinajstić information content (AvgIpc) is 3.03. The van der Waals surface area contributed by atoms with Crippen LogP contribution in [-0.2, 0) is 19.4 Å². The second-order valence-corrected chi connectivity index (χ2v) is 6.19. The largest absolute Gasteiger partial charge is 0.345 e. The van der Waals surface area contributed by atoms with Gasteiger partial charge in [0, 0.05) is 24.4 Å². The smallest absolute Gasteiger partial charge is 0.110 e. The van der Waals surface area contributed by atoms with E-state index in [-0.39, 0.29) is 0 Å². The van der Waals surface area contributed by atoms with Gasteiger partial charge in [0.15, 0.2) is 0 Å². The van der Waals surface area contributed by atoms with Crippen LogP contribution < -0.4 is 5.32 Å². The van der Waals surface area contributed by atoms with Crippen molar-refractivity contribution in [3.8, 4) is 0 Å². The number of benzene rings is 1. The number of imidazole rings is 1. The SMILES string of the molecule is CC(C)CNCc1cnc(C2Cc3ccccc3C2)[nH]1. The fourth-order valence-electron chi connectivity index (χ4n) is 2.92. The van der Waals surface area contributed by atoms with Gasteiger partial charge in [-0.25, -0.2) is 4.98 Å². The zero-order chi connectivity index (χ0) is 13.9. The number of aromatic amines is 1. The molecule has 0 unspecified atom stereocenters. The third kappa shape index (κ3) is 2.93. The summed E-state index contributed by atoms with van der Waals surface area (Å²) in [5.41, 5.74) is 4.15. The first kappa shape index (κ1) is 13.4. The minimum absolute atomic E-state index is 0.520. The molecule has 1 aliphatic carbocycles. The summed E-state index contributed by atoms with van der Waals surface area (Å²) in [6.07, 6.45) is 4.21. The number of hydrogen-bond donors (Lipinski definition) is 2. The van der Waals surface area contributed by atoms with E-state index in [4.69, 9.17) is 0 Å². The summed E-state index contributed by atoms with van der Waals surface area (Å²) in [6.45, 7) is 6.37. The van der Waals surface area contributed by atoms with Crippen LogP contribution in [0.3, 0.4) is 0 Å². The van der Waals surface area contributed by atoms with Gasteiger partial charge >= 0.3 is 0 Å². The van der Waals surface area contributed by atoms with Crippen molar-refractivity contribution in [1.82, 2.24) is 15.3 Å². The fourth-order valence-corrected chi connectivity index (χ4v) is 2.92. The first-order valence-corrected chi connectivity index (χ1v) is 7.53. The van der Waals surface area contributed by atoms with Crippen molar-refractivity contribution in [3.63, 3.8) is 0 Å². The summed E-state index contributed by atoms with van der Waals surface area (Å²) < 4.78 is 0. The van der Waals surface area contributed by atoms with Crippen LogP contribution in [0.5, 0.6) is 0 Å². The number of H-pyrrole nitrogens is 1. The van der Waals surface area contributed by atoms with E-state index in [9.17, 15) is 0 Å². The second kappa shape index (κ2) is 5.80. The number of hydrogen-bond acceptors (Lipinski definition) is 2. The summed E-state index contributed by atoms with van der Waals surface area (Å²) in [6, 6.07) is 8.74. The van der Waals surface area contributed by atoms with Crippen LogP contribution in [0, 0.1) is 5.92 Å². The molecule has 1 aromatic carbocycles. The molecule has 0 saturated carbocycles. The first-order valence-electron chi connectivity index (χ1n) is 7.53. The van der Waals surface area contributed by atoms with Crippen molar-refractivity contribution < 1.29 is 0 Å². The molecular formula is C17H23N3. The van der Waals surface area contributed by atoms with Gasteiger partial charge in [-0.1, -0.05) is 38.1 Å². The van der Waals surface area contributed by atoms with Gasteiger partial charge < -0.3 is 10.3 Å². The van der Waals surface area contributed by atoms with Gasteiger partial charge in [0.1, 0.15) is 5.82 Å². The lowest BCUT2D eigenvalue weighted by molar-refractivity contribution is 0.548. The van der Waals surface area contributed by atoms with E-state index < -0.39 is 0 Å². The van der Waals surface area contributed by atoms with Gasteiger partial charge in [-0.05, 0) is 36.4 Å². The van der Waals surface area contributed by atoms with E-state index in [1.54, 1.807) is 0 Å². The zero-order valence-corrected chi connectivity index (χ0v) is 12.3. The minimum atomic E-state index is 0.520. The normalized spacial score (nSPS) is 14.9. The van der Waals surface area contributed by atoms with Crippen LogP contribution in [0.1, 0.15) is 42.4 Å². The molecule has 0 atom stereocenters. The van der Waals surface area contributed by atoms with E-state index in [0.29, 0.717) is 11.8 Å². The molecule has 3 heteroatoms. The lowest BCUT2D eigenvalue weighted by Crippen LogP contribution is -2.19. The molecule has 0 spiro atoms. The monoisotopic (exact) mass is 269 g/mol. The van der Waals surface area contributed by atoms with Crippen molar-refractivity contribution in [1.29, 1.82) is 0 Å². The highest BCUT2D eigenvalue weighted by Crippen LogP contribution is 2.32. The zero-order valence-electron chi connectivity index (χ0n) is 12.3. The second-order valence-electron chi connectivity index (χ2n) is 6.19. The Bertz CT molecular complexity index is 546. The molecule has 0 amide bonds. The molecule has 0 aliphatic heterocycles. The van der Waals surface area contributed by atoms with Crippen LogP contribution in [0.15, 0.2) is 30.5 Å². The molecule has 3 rings (SSSR count). The number of fused-ring (bicyclic) bond motifs is 1. The highest BCUT2D eigenvalue weighted by Gasteiger charge is 2.24. The maximum Gasteiger partial charge on any atom is 0.110 e. The van der Waals surface area contributed by atoms with Crippen LogP contribution >= 0.6 is 0 Å². The van der Waals surface area contributed by atoms with E-state index in [1.807, 2.05) is 6.20 Å². The highest BCUT2D eigenvalue weighted by molar-refractivity contribution is 5.35. The van der Waals surface area contributed by atoms with Gasteiger partial charge in [-0.15, -0.1) is 0 Å². The molecule has 20 heavy (non-hydrogen) atoms. The van der Waals surface area contributed by atoms with E-state index in [2.05, 4.69) is 53.4 Å². The summed E-state index contributed by atoms with van der Waals surface area (Å²) in [5.74, 6) is 2.34. The third-order valence-electron chi connectivity index (χ3n) is 3.95. The lowest BCUT2D eigenvalue weighted by Gasteiger charge is -2.06.